The maximum absolute atomic E-state index is 12.9. The van der Waals surface area contributed by atoms with Gasteiger partial charge in [0, 0.05) is 5.69 Å². The number of ether oxygens (including phenoxy) is 1. The Labute approximate surface area is 157 Å². The average Bonchev–Trinajstić information content (AvgIpc) is 3.20. The molecule has 0 aliphatic carbocycles. The number of H-pyrrole nitrogens is 1. The van der Waals surface area contributed by atoms with Gasteiger partial charge < -0.3 is 10.1 Å². The number of anilines is 1. The normalized spacial score (nSPS) is 12.4. The van der Waals surface area contributed by atoms with Crippen LogP contribution in [0.3, 0.4) is 0 Å². The van der Waals surface area contributed by atoms with Crippen LogP contribution in [0.4, 0.5) is 18.9 Å². The second kappa shape index (κ2) is 8.07. The maximum Gasteiger partial charge on any atom is 0.416 e. The number of hydrogen-bond acceptors (Lipinski definition) is 5. The number of tetrazole rings is 1. The van der Waals surface area contributed by atoms with E-state index in [2.05, 4.69) is 25.9 Å². The summed E-state index contributed by atoms with van der Waals surface area (Å²) in [6, 6.07) is 11.5. The highest BCUT2D eigenvalue weighted by molar-refractivity contribution is 5.95. The topological polar surface area (TPSA) is 92.8 Å². The molecule has 0 aliphatic rings. The molecule has 0 saturated heterocycles. The second-order valence-corrected chi connectivity index (χ2v) is 5.94. The van der Waals surface area contributed by atoms with Gasteiger partial charge in [-0.2, -0.15) is 18.4 Å². The van der Waals surface area contributed by atoms with Crippen molar-refractivity contribution in [2.45, 2.75) is 18.5 Å². The molecule has 1 atom stereocenters. The third-order valence-electron chi connectivity index (χ3n) is 4.05. The number of hydrogen-bond donors (Lipinski definition) is 2. The first-order chi connectivity index (χ1) is 13.4. The zero-order chi connectivity index (χ0) is 20.1. The lowest BCUT2D eigenvalue weighted by molar-refractivity contribution is -0.137. The highest BCUT2D eigenvalue weighted by Crippen LogP contribution is 2.31. The second-order valence-electron chi connectivity index (χ2n) is 5.94. The minimum Gasteiger partial charge on any atom is -0.497 e. The Morgan fingerprint density at radius 2 is 1.96 bits per heavy atom. The molecule has 3 aromatic rings. The highest BCUT2D eigenvalue weighted by atomic mass is 19.4. The van der Waals surface area contributed by atoms with E-state index in [9.17, 15) is 18.0 Å². The van der Waals surface area contributed by atoms with Gasteiger partial charge in [-0.3, -0.25) is 4.79 Å². The van der Waals surface area contributed by atoms with Crippen LogP contribution in [0.15, 0.2) is 48.5 Å². The molecule has 7 nitrogen and oxygen atoms in total. The van der Waals surface area contributed by atoms with Gasteiger partial charge >= 0.3 is 6.18 Å². The van der Waals surface area contributed by atoms with Crippen molar-refractivity contribution in [2.24, 2.45) is 0 Å². The molecule has 2 N–H and O–H groups in total. The van der Waals surface area contributed by atoms with Gasteiger partial charge in [-0.25, -0.2) is 0 Å². The van der Waals surface area contributed by atoms with Crippen LogP contribution < -0.4 is 10.1 Å². The smallest absolute Gasteiger partial charge is 0.416 e. The van der Waals surface area contributed by atoms with Crippen LogP contribution in [0.1, 0.15) is 22.9 Å². The number of alkyl halides is 3. The third kappa shape index (κ3) is 4.64. The molecule has 0 unspecified atom stereocenters. The van der Waals surface area contributed by atoms with Crippen LogP contribution in [0, 0.1) is 0 Å². The summed E-state index contributed by atoms with van der Waals surface area (Å²) in [6.07, 6.45) is -4.27. The van der Waals surface area contributed by atoms with Crippen LogP contribution in [0.2, 0.25) is 0 Å². The Balaban J connectivity index is 1.81. The van der Waals surface area contributed by atoms with Crippen LogP contribution in [-0.2, 0) is 17.4 Å². The van der Waals surface area contributed by atoms with Crippen molar-refractivity contribution in [3.05, 3.63) is 65.5 Å². The fourth-order valence-electron chi connectivity index (χ4n) is 2.62. The Kier molecular flexibility index (Phi) is 5.57. The average molecular weight is 391 g/mol. The monoisotopic (exact) mass is 391 g/mol. The molecular weight excluding hydrogens is 375 g/mol. The van der Waals surface area contributed by atoms with E-state index in [0.29, 0.717) is 5.75 Å². The predicted molar refractivity (Wildman–Crippen MR) is 93.7 cm³/mol. The van der Waals surface area contributed by atoms with E-state index in [4.69, 9.17) is 4.74 Å². The third-order valence-corrected chi connectivity index (χ3v) is 4.05. The highest BCUT2D eigenvalue weighted by Gasteiger charge is 2.31. The number of benzene rings is 2. The van der Waals surface area contributed by atoms with Gasteiger partial charge in [0.15, 0.2) is 5.82 Å². The molecule has 10 heteroatoms. The lowest BCUT2D eigenvalue weighted by atomic mass is 9.97. The molecule has 0 bridgehead atoms. The van der Waals surface area contributed by atoms with E-state index >= 15 is 0 Å². The van der Waals surface area contributed by atoms with Crippen molar-refractivity contribution in [2.75, 3.05) is 12.4 Å². The van der Waals surface area contributed by atoms with Crippen molar-refractivity contribution in [3.63, 3.8) is 0 Å². The molecule has 0 aliphatic heterocycles. The van der Waals surface area contributed by atoms with E-state index < -0.39 is 23.6 Å². The molecular formula is C18H16F3N5O2. The summed E-state index contributed by atoms with van der Waals surface area (Å²) in [7, 11) is 1.54. The molecule has 1 amide bonds. The number of aromatic nitrogens is 4. The summed E-state index contributed by atoms with van der Waals surface area (Å²) in [5, 5.41) is 16.0. The maximum atomic E-state index is 12.9. The number of nitrogens with one attached hydrogen (secondary N) is 2. The number of rotatable bonds is 6. The number of carbonyl (C=O) groups is 1. The molecule has 28 heavy (non-hydrogen) atoms. The minimum absolute atomic E-state index is 0.0306. The summed E-state index contributed by atoms with van der Waals surface area (Å²) < 4.78 is 43.7. The minimum atomic E-state index is -4.50. The van der Waals surface area contributed by atoms with E-state index in [1.165, 1.54) is 12.1 Å². The quantitative estimate of drug-likeness (QED) is 0.673. The standard InChI is InChI=1S/C18H16F3N5O2/c1-28-14-7-5-11(6-8-14)9-15(16-23-25-26-24-16)17(27)22-13-4-2-3-12(10-13)18(19,20)21/h2-8,10,15H,9H2,1H3,(H,22,27)(H,23,24,25,26)/t15-/m0/s1. The summed E-state index contributed by atoms with van der Waals surface area (Å²) in [5.41, 5.74) is -0.0191. The number of nitrogens with zero attached hydrogens (tertiary/aromatic N) is 3. The molecule has 1 heterocycles. The van der Waals surface area contributed by atoms with Crippen molar-refractivity contribution in [1.82, 2.24) is 20.6 Å². The number of aromatic amines is 1. The fourth-order valence-corrected chi connectivity index (χ4v) is 2.62. The molecule has 1 aromatic heterocycles. The molecule has 0 radical (unpaired) electrons. The molecule has 3 rings (SSSR count). The van der Waals surface area contributed by atoms with Crippen LogP contribution >= 0.6 is 0 Å². The van der Waals surface area contributed by atoms with Crippen LogP contribution in [-0.4, -0.2) is 33.6 Å². The Hall–Kier alpha value is -3.43. The lowest BCUT2D eigenvalue weighted by Crippen LogP contribution is -2.24. The van der Waals surface area contributed by atoms with Crippen LogP contribution in [0.5, 0.6) is 5.75 Å². The summed E-state index contributed by atoms with van der Waals surface area (Å²) in [6.45, 7) is 0. The molecule has 0 saturated carbocycles. The lowest BCUT2D eigenvalue weighted by Gasteiger charge is -2.15. The summed E-state index contributed by atoms with van der Waals surface area (Å²) in [4.78, 5) is 12.8. The zero-order valence-electron chi connectivity index (χ0n) is 14.7. The van der Waals surface area contributed by atoms with Crippen molar-refractivity contribution >= 4 is 11.6 Å². The Bertz CT molecular complexity index is 927. The van der Waals surface area contributed by atoms with Gasteiger partial charge in [-0.05, 0) is 42.3 Å². The fraction of sp³-hybridized carbons (Fsp3) is 0.222. The Morgan fingerprint density at radius 1 is 1.21 bits per heavy atom. The summed E-state index contributed by atoms with van der Waals surface area (Å²) >= 11 is 0. The molecule has 2 aromatic carbocycles. The van der Waals surface area contributed by atoms with Gasteiger partial charge in [-0.1, -0.05) is 23.4 Å². The first-order valence-electron chi connectivity index (χ1n) is 8.21. The van der Waals surface area contributed by atoms with E-state index in [0.717, 1.165) is 17.7 Å². The number of methoxy groups -OCH3 is 1. The van der Waals surface area contributed by atoms with Gasteiger partial charge in [0.1, 0.15) is 11.7 Å². The zero-order valence-corrected chi connectivity index (χ0v) is 14.7. The van der Waals surface area contributed by atoms with Crippen molar-refractivity contribution < 1.29 is 22.7 Å². The number of halogens is 3. The Morgan fingerprint density at radius 3 is 2.57 bits per heavy atom. The van der Waals surface area contributed by atoms with E-state index in [1.807, 2.05) is 0 Å². The first kappa shape index (κ1) is 19.3. The van der Waals surface area contributed by atoms with Crippen LogP contribution in [0.25, 0.3) is 0 Å². The van der Waals surface area contributed by atoms with Gasteiger partial charge in [-0.15, -0.1) is 10.2 Å². The first-order valence-corrected chi connectivity index (χ1v) is 8.21. The van der Waals surface area contributed by atoms with Gasteiger partial charge in [0.25, 0.3) is 0 Å². The summed E-state index contributed by atoms with van der Waals surface area (Å²) in [5.74, 6) is -0.591. The molecule has 0 spiro atoms. The van der Waals surface area contributed by atoms with Crippen molar-refractivity contribution in [1.29, 1.82) is 0 Å². The van der Waals surface area contributed by atoms with Gasteiger partial charge in [0.05, 0.1) is 12.7 Å². The molecule has 0 fully saturated rings. The van der Waals surface area contributed by atoms with Crippen molar-refractivity contribution in [3.8, 4) is 5.75 Å². The van der Waals surface area contributed by atoms with Gasteiger partial charge in [0.2, 0.25) is 5.91 Å². The van der Waals surface area contributed by atoms with E-state index in [1.54, 1.807) is 31.4 Å². The largest absolute Gasteiger partial charge is 0.497 e. The predicted octanol–water partition coefficient (Wildman–Crippen LogP) is 3.19. The SMILES string of the molecule is COc1ccc(C[C@H](C(=O)Nc2cccc(C(F)(F)F)c2)c2nn[nH]n2)cc1. The number of amides is 1. The van der Waals surface area contributed by atoms with E-state index in [-0.39, 0.29) is 17.9 Å². The molecule has 146 valence electrons. The number of carbonyl (C=O) groups excluding carboxylic acids is 1.